The monoisotopic (exact) mass is 269 g/mol. The molecule has 4 heteroatoms. The first kappa shape index (κ1) is 13.5. The molecule has 0 amide bonds. The van der Waals surface area contributed by atoms with Crippen LogP contribution < -0.4 is 4.43 Å². The summed E-state index contributed by atoms with van der Waals surface area (Å²) in [6.45, 7) is 6.27. The second-order valence-electron chi connectivity index (χ2n) is 4.49. The number of aryl methyl sites for hydroxylation is 1. The molecule has 3 nitrogen and oxygen atoms in total. The fourth-order valence-corrected chi connectivity index (χ4v) is 2.22. The van der Waals surface area contributed by atoms with E-state index < -0.39 is 9.04 Å². The minimum absolute atomic E-state index is 0.797. The number of hydrogen-bond donors (Lipinski definition) is 0. The van der Waals surface area contributed by atoms with Crippen LogP contribution in [0.15, 0.2) is 47.6 Å². The number of aliphatic imine (C=N–C) groups is 1. The van der Waals surface area contributed by atoms with Gasteiger partial charge in [0.15, 0.2) is 0 Å². The van der Waals surface area contributed by atoms with Gasteiger partial charge in [0.25, 0.3) is 9.04 Å². The fraction of sp³-hybridized carbons (Fsp3) is 0.200. The zero-order chi connectivity index (χ0) is 13.7. The minimum Gasteiger partial charge on any atom is -0.541 e. The van der Waals surface area contributed by atoms with Gasteiger partial charge in [-0.05, 0) is 49.8 Å². The van der Waals surface area contributed by atoms with Crippen LogP contribution in [0.2, 0.25) is 13.1 Å². The SMILES string of the molecule is Cc1ccc(N=Cc2ccccn2)c(O[Si](C)C)c1. The standard InChI is InChI=1S/C15H17N2OSi/c1-12-7-8-14(15(10-12)18-19(2)3)17-11-13-6-4-5-9-16-13/h4-11H,1-3H3. The van der Waals surface area contributed by atoms with Crippen LogP contribution >= 0.6 is 0 Å². The smallest absolute Gasteiger partial charge is 0.274 e. The Morgan fingerprint density at radius 3 is 2.74 bits per heavy atom. The van der Waals surface area contributed by atoms with Crippen LogP contribution in [0.3, 0.4) is 0 Å². The summed E-state index contributed by atoms with van der Waals surface area (Å²) < 4.78 is 5.88. The van der Waals surface area contributed by atoms with E-state index in [1.807, 2.05) is 36.4 Å². The second kappa shape index (κ2) is 6.29. The molecule has 2 aromatic rings. The number of benzene rings is 1. The number of rotatable bonds is 4. The minimum atomic E-state index is -0.797. The lowest BCUT2D eigenvalue weighted by Crippen LogP contribution is -2.11. The van der Waals surface area contributed by atoms with E-state index in [9.17, 15) is 0 Å². The Bertz CT molecular complexity index is 568. The van der Waals surface area contributed by atoms with Gasteiger partial charge < -0.3 is 4.43 Å². The summed E-state index contributed by atoms with van der Waals surface area (Å²) in [4.78, 5) is 8.69. The third-order valence-corrected chi connectivity index (χ3v) is 3.08. The molecule has 1 aromatic heterocycles. The van der Waals surface area contributed by atoms with E-state index in [0.717, 1.165) is 17.1 Å². The second-order valence-corrected chi connectivity index (χ2v) is 6.51. The topological polar surface area (TPSA) is 34.5 Å². The summed E-state index contributed by atoms with van der Waals surface area (Å²) in [7, 11) is -0.797. The van der Waals surface area contributed by atoms with Gasteiger partial charge in [0, 0.05) is 6.20 Å². The Morgan fingerprint density at radius 2 is 2.05 bits per heavy atom. The highest BCUT2D eigenvalue weighted by Gasteiger charge is 2.06. The van der Waals surface area contributed by atoms with Gasteiger partial charge in [0.2, 0.25) is 0 Å². The quantitative estimate of drug-likeness (QED) is 0.625. The average molecular weight is 269 g/mol. The van der Waals surface area contributed by atoms with Crippen LogP contribution in [0, 0.1) is 6.92 Å². The molecule has 1 heterocycles. The van der Waals surface area contributed by atoms with E-state index in [1.54, 1.807) is 12.4 Å². The van der Waals surface area contributed by atoms with Crippen molar-refractivity contribution in [3.8, 4) is 5.75 Å². The molecule has 0 fully saturated rings. The van der Waals surface area contributed by atoms with Crippen LogP contribution in [-0.2, 0) is 0 Å². The Kier molecular flexibility index (Phi) is 4.47. The van der Waals surface area contributed by atoms with E-state index in [0.29, 0.717) is 0 Å². The maximum Gasteiger partial charge on any atom is 0.274 e. The zero-order valence-corrected chi connectivity index (χ0v) is 12.4. The fourth-order valence-electron chi connectivity index (χ4n) is 1.62. The van der Waals surface area contributed by atoms with Crippen molar-refractivity contribution in [2.24, 2.45) is 4.99 Å². The Balaban J connectivity index is 2.26. The molecule has 0 saturated heterocycles. The Morgan fingerprint density at radius 1 is 1.21 bits per heavy atom. The van der Waals surface area contributed by atoms with Crippen molar-refractivity contribution >= 4 is 20.9 Å². The highest BCUT2D eigenvalue weighted by atomic mass is 28.3. The van der Waals surface area contributed by atoms with E-state index in [4.69, 9.17) is 4.43 Å². The van der Waals surface area contributed by atoms with Crippen molar-refractivity contribution in [1.82, 2.24) is 4.98 Å². The molecular weight excluding hydrogens is 252 g/mol. The van der Waals surface area contributed by atoms with Crippen molar-refractivity contribution in [2.45, 2.75) is 20.0 Å². The van der Waals surface area contributed by atoms with Crippen molar-refractivity contribution < 1.29 is 4.43 Å². The van der Waals surface area contributed by atoms with Gasteiger partial charge in [-0.3, -0.25) is 9.98 Å². The largest absolute Gasteiger partial charge is 0.541 e. The van der Waals surface area contributed by atoms with Crippen molar-refractivity contribution in [1.29, 1.82) is 0 Å². The van der Waals surface area contributed by atoms with Crippen molar-refractivity contribution in [2.75, 3.05) is 0 Å². The molecule has 0 aliphatic rings. The first-order chi connectivity index (χ1) is 9.15. The van der Waals surface area contributed by atoms with Crippen LogP contribution in [0.1, 0.15) is 11.3 Å². The molecule has 0 aliphatic carbocycles. The maximum atomic E-state index is 5.88. The number of nitrogens with zero attached hydrogens (tertiary/aromatic N) is 2. The van der Waals surface area contributed by atoms with E-state index in [1.165, 1.54) is 5.56 Å². The lowest BCUT2D eigenvalue weighted by Gasteiger charge is -2.11. The van der Waals surface area contributed by atoms with Crippen LogP contribution in [0.5, 0.6) is 5.75 Å². The highest BCUT2D eigenvalue weighted by molar-refractivity contribution is 6.49. The van der Waals surface area contributed by atoms with Crippen molar-refractivity contribution in [3.05, 3.63) is 53.9 Å². The number of hydrogen-bond acceptors (Lipinski definition) is 3. The highest BCUT2D eigenvalue weighted by Crippen LogP contribution is 2.28. The van der Waals surface area contributed by atoms with E-state index in [2.05, 4.69) is 30.0 Å². The molecule has 19 heavy (non-hydrogen) atoms. The van der Waals surface area contributed by atoms with Gasteiger partial charge >= 0.3 is 0 Å². The van der Waals surface area contributed by atoms with Gasteiger partial charge in [-0.15, -0.1) is 0 Å². The molecule has 0 unspecified atom stereocenters. The summed E-state index contributed by atoms with van der Waals surface area (Å²) in [5, 5.41) is 0. The van der Waals surface area contributed by atoms with Crippen LogP contribution in [0.25, 0.3) is 0 Å². The van der Waals surface area contributed by atoms with Gasteiger partial charge in [0.1, 0.15) is 11.4 Å². The summed E-state index contributed by atoms with van der Waals surface area (Å²) >= 11 is 0. The van der Waals surface area contributed by atoms with Gasteiger partial charge in [-0.2, -0.15) is 0 Å². The summed E-state index contributed by atoms with van der Waals surface area (Å²) in [6, 6.07) is 11.8. The van der Waals surface area contributed by atoms with E-state index >= 15 is 0 Å². The third-order valence-electron chi connectivity index (χ3n) is 2.45. The molecular formula is C15H17N2OSi. The first-order valence-corrected chi connectivity index (χ1v) is 8.60. The van der Waals surface area contributed by atoms with Gasteiger partial charge in [-0.25, -0.2) is 0 Å². The van der Waals surface area contributed by atoms with Crippen LogP contribution in [-0.4, -0.2) is 20.2 Å². The molecule has 0 aliphatic heterocycles. The first-order valence-electron chi connectivity index (χ1n) is 6.19. The van der Waals surface area contributed by atoms with Crippen molar-refractivity contribution in [3.63, 3.8) is 0 Å². The van der Waals surface area contributed by atoms with E-state index in [-0.39, 0.29) is 0 Å². The van der Waals surface area contributed by atoms with Gasteiger partial charge in [-0.1, -0.05) is 12.1 Å². The summed E-state index contributed by atoms with van der Waals surface area (Å²) in [5.74, 6) is 0.853. The molecule has 0 saturated carbocycles. The lowest BCUT2D eigenvalue weighted by atomic mass is 10.2. The number of aromatic nitrogens is 1. The predicted octanol–water partition coefficient (Wildman–Crippen LogP) is 3.77. The number of pyridine rings is 1. The third kappa shape index (κ3) is 4.03. The summed E-state index contributed by atoms with van der Waals surface area (Å²) in [6.07, 6.45) is 3.52. The lowest BCUT2D eigenvalue weighted by molar-refractivity contribution is 0.581. The molecule has 0 spiro atoms. The molecule has 0 bridgehead atoms. The molecule has 97 valence electrons. The zero-order valence-electron chi connectivity index (χ0n) is 11.4. The van der Waals surface area contributed by atoms with Crippen LogP contribution in [0.4, 0.5) is 5.69 Å². The molecule has 1 radical (unpaired) electrons. The Labute approximate surface area is 115 Å². The molecule has 1 aromatic carbocycles. The predicted molar refractivity (Wildman–Crippen MR) is 80.8 cm³/mol. The molecule has 0 N–H and O–H groups in total. The maximum absolute atomic E-state index is 5.88. The summed E-state index contributed by atoms with van der Waals surface area (Å²) in [5.41, 5.74) is 2.87. The average Bonchev–Trinajstić information content (AvgIpc) is 2.38. The molecule has 0 atom stereocenters. The van der Waals surface area contributed by atoms with Gasteiger partial charge in [0.05, 0.1) is 11.9 Å². The Hall–Kier alpha value is -1.94. The normalized spacial score (nSPS) is 11.2. The molecule has 2 rings (SSSR count).